The summed E-state index contributed by atoms with van der Waals surface area (Å²) < 4.78 is 0. The maximum absolute atomic E-state index is 12.4. The molecule has 0 bridgehead atoms. The second-order valence-corrected chi connectivity index (χ2v) is 8.69. The zero-order valence-electron chi connectivity index (χ0n) is 17.5. The summed E-state index contributed by atoms with van der Waals surface area (Å²) in [6, 6.07) is 7.26. The Balaban J connectivity index is 0.000000370. The van der Waals surface area contributed by atoms with Gasteiger partial charge in [-0.3, -0.25) is 9.59 Å². The Morgan fingerprint density at radius 1 is 1.25 bits per heavy atom. The molecule has 1 heterocycles. The van der Waals surface area contributed by atoms with E-state index in [1.165, 1.54) is 11.3 Å². The third-order valence-corrected chi connectivity index (χ3v) is 4.99. The Hall–Kier alpha value is -2.18. The first-order chi connectivity index (χ1) is 13.1. The third kappa shape index (κ3) is 7.44. The summed E-state index contributed by atoms with van der Waals surface area (Å²) in [5, 5.41) is 15.0. The van der Waals surface area contributed by atoms with Crippen molar-refractivity contribution in [1.29, 1.82) is 0 Å². The number of benzene rings is 1. The van der Waals surface area contributed by atoms with Crippen LogP contribution in [0.5, 0.6) is 5.75 Å². The molecule has 0 saturated heterocycles. The highest BCUT2D eigenvalue weighted by atomic mass is 32.1. The number of aryl methyl sites for hydroxylation is 1. The van der Waals surface area contributed by atoms with Crippen LogP contribution in [0, 0.1) is 6.92 Å². The van der Waals surface area contributed by atoms with E-state index in [1.807, 2.05) is 51.3 Å². The van der Waals surface area contributed by atoms with Gasteiger partial charge in [-0.2, -0.15) is 0 Å². The van der Waals surface area contributed by atoms with Crippen LogP contribution in [0.15, 0.2) is 29.6 Å². The van der Waals surface area contributed by atoms with Gasteiger partial charge in [0, 0.05) is 11.1 Å². The van der Waals surface area contributed by atoms with Crippen molar-refractivity contribution < 1.29 is 14.7 Å². The van der Waals surface area contributed by atoms with E-state index >= 15 is 0 Å². The van der Waals surface area contributed by atoms with Crippen molar-refractivity contribution in [3.63, 3.8) is 0 Å². The number of rotatable bonds is 7. The molecule has 0 unspecified atom stereocenters. The molecule has 0 spiro atoms. The summed E-state index contributed by atoms with van der Waals surface area (Å²) >= 11 is 1.44. The summed E-state index contributed by atoms with van der Waals surface area (Å²) in [6.07, 6.45) is 2.25. The fraction of sp³-hybridized carbons (Fsp3) is 0.455. The van der Waals surface area contributed by atoms with Crippen molar-refractivity contribution in [2.75, 3.05) is 13.1 Å². The lowest BCUT2D eigenvalue weighted by Crippen LogP contribution is -2.29. The summed E-state index contributed by atoms with van der Waals surface area (Å²) in [5.74, 6) is 0.0185. The van der Waals surface area contributed by atoms with Crippen LogP contribution in [0.1, 0.15) is 66.9 Å². The first-order valence-electron chi connectivity index (χ1n) is 9.49. The molecule has 0 aliphatic heterocycles. The molecule has 1 aromatic heterocycles. The number of nitrogens with two attached hydrogens (primary N) is 1. The second-order valence-electron chi connectivity index (χ2n) is 7.74. The van der Waals surface area contributed by atoms with E-state index in [9.17, 15) is 14.7 Å². The SMILES string of the molecule is CCCCNCC(N)=O.Cc1cc(C(=O)c2cccs2)cc(C(C)(C)C)c1O. The standard InChI is InChI=1S/C16H18O2S.C6H14N2O/c1-10-8-11(15(18)13-6-5-7-19-13)9-12(14(10)17)16(2,3)4;1-2-3-4-8-5-6(7)9/h5-9,17H,1-4H3;8H,2-5H2,1H3,(H2,7,9). The molecule has 5 nitrogen and oxygen atoms in total. The Labute approximate surface area is 172 Å². The number of phenols is 1. The van der Waals surface area contributed by atoms with Gasteiger partial charge in [0.2, 0.25) is 11.7 Å². The van der Waals surface area contributed by atoms with Crippen molar-refractivity contribution in [2.45, 2.75) is 52.9 Å². The van der Waals surface area contributed by atoms with Crippen LogP contribution < -0.4 is 11.1 Å². The van der Waals surface area contributed by atoms with Crippen molar-refractivity contribution >= 4 is 23.0 Å². The fourth-order valence-corrected chi connectivity index (χ4v) is 3.23. The zero-order chi connectivity index (χ0) is 21.3. The van der Waals surface area contributed by atoms with Crippen LogP contribution in [0.4, 0.5) is 0 Å². The van der Waals surface area contributed by atoms with Crippen LogP contribution in [0.3, 0.4) is 0 Å². The molecule has 1 aromatic carbocycles. The lowest BCUT2D eigenvalue weighted by molar-refractivity contribution is -0.117. The van der Waals surface area contributed by atoms with Crippen molar-refractivity contribution in [3.05, 3.63) is 51.2 Å². The quantitative estimate of drug-likeness (QED) is 0.477. The molecule has 0 aliphatic rings. The van der Waals surface area contributed by atoms with Gasteiger partial charge >= 0.3 is 0 Å². The fourth-order valence-electron chi connectivity index (χ4n) is 2.55. The number of ketones is 1. The van der Waals surface area contributed by atoms with Crippen molar-refractivity contribution in [2.24, 2.45) is 5.73 Å². The monoisotopic (exact) mass is 404 g/mol. The normalized spacial score (nSPS) is 10.9. The minimum Gasteiger partial charge on any atom is -0.507 e. The van der Waals surface area contributed by atoms with Gasteiger partial charge in [-0.1, -0.05) is 40.2 Å². The number of hydrogen-bond acceptors (Lipinski definition) is 5. The summed E-state index contributed by atoms with van der Waals surface area (Å²) in [5.41, 5.74) is 6.88. The lowest BCUT2D eigenvalue weighted by Gasteiger charge is -2.22. The summed E-state index contributed by atoms with van der Waals surface area (Å²) in [4.78, 5) is 23.2. The minimum absolute atomic E-state index is 0.0172. The van der Waals surface area contributed by atoms with E-state index in [0.29, 0.717) is 12.1 Å². The lowest BCUT2D eigenvalue weighted by atomic mass is 9.83. The van der Waals surface area contributed by atoms with E-state index in [1.54, 1.807) is 6.07 Å². The largest absolute Gasteiger partial charge is 0.507 e. The number of thiophene rings is 1. The van der Waals surface area contributed by atoms with Crippen LogP contribution >= 0.6 is 11.3 Å². The minimum atomic E-state index is -0.286. The Morgan fingerprint density at radius 3 is 2.43 bits per heavy atom. The van der Waals surface area contributed by atoms with E-state index in [4.69, 9.17) is 5.73 Å². The van der Waals surface area contributed by atoms with Gasteiger partial charge in [-0.25, -0.2) is 0 Å². The van der Waals surface area contributed by atoms with Gasteiger partial charge < -0.3 is 16.2 Å². The second kappa shape index (κ2) is 11.0. The smallest absolute Gasteiger partial charge is 0.231 e. The first-order valence-corrected chi connectivity index (χ1v) is 10.4. The van der Waals surface area contributed by atoms with Crippen LogP contribution in [-0.2, 0) is 10.2 Å². The van der Waals surface area contributed by atoms with Crippen LogP contribution in [0.2, 0.25) is 0 Å². The molecule has 0 fully saturated rings. The Morgan fingerprint density at radius 2 is 1.93 bits per heavy atom. The number of carbonyl (C=O) groups is 2. The topological polar surface area (TPSA) is 92.4 Å². The number of unbranched alkanes of at least 4 members (excludes halogenated alkanes) is 1. The molecule has 6 heteroatoms. The van der Waals surface area contributed by atoms with Gasteiger partial charge in [-0.05, 0) is 54.4 Å². The number of primary amides is 1. The predicted octanol–water partition coefficient (Wildman–Crippen LogP) is 4.15. The van der Waals surface area contributed by atoms with E-state index < -0.39 is 0 Å². The molecule has 2 rings (SSSR count). The van der Waals surface area contributed by atoms with Gasteiger partial charge in [-0.15, -0.1) is 11.3 Å². The maximum Gasteiger partial charge on any atom is 0.231 e. The summed E-state index contributed by atoms with van der Waals surface area (Å²) in [6.45, 7) is 11.2. The van der Waals surface area contributed by atoms with E-state index in [2.05, 4.69) is 12.2 Å². The number of hydrogen-bond donors (Lipinski definition) is 3. The molecule has 0 aliphatic carbocycles. The summed E-state index contributed by atoms with van der Waals surface area (Å²) in [7, 11) is 0. The molecule has 1 amide bonds. The van der Waals surface area contributed by atoms with Gasteiger partial charge in [0.25, 0.3) is 0 Å². The average molecular weight is 405 g/mol. The molecular weight excluding hydrogens is 372 g/mol. The van der Waals surface area contributed by atoms with Gasteiger partial charge in [0.1, 0.15) is 5.75 Å². The van der Waals surface area contributed by atoms with E-state index in [0.717, 1.165) is 35.4 Å². The highest BCUT2D eigenvalue weighted by Gasteiger charge is 2.22. The Bertz CT molecular complexity index is 778. The third-order valence-electron chi connectivity index (χ3n) is 4.12. The number of aromatic hydroxyl groups is 1. The highest BCUT2D eigenvalue weighted by molar-refractivity contribution is 7.12. The molecule has 28 heavy (non-hydrogen) atoms. The number of amides is 1. The molecule has 154 valence electrons. The van der Waals surface area contributed by atoms with Crippen LogP contribution in [-0.4, -0.2) is 29.9 Å². The van der Waals surface area contributed by atoms with Crippen molar-refractivity contribution in [1.82, 2.24) is 5.32 Å². The van der Waals surface area contributed by atoms with Crippen molar-refractivity contribution in [3.8, 4) is 5.75 Å². The zero-order valence-corrected chi connectivity index (χ0v) is 18.3. The number of phenolic OH excluding ortho intramolecular Hbond substituents is 1. The molecule has 0 atom stereocenters. The molecule has 0 radical (unpaired) electrons. The first kappa shape index (κ1) is 23.9. The molecule has 2 aromatic rings. The average Bonchev–Trinajstić information content (AvgIpc) is 3.14. The van der Waals surface area contributed by atoms with Gasteiger partial charge in [0.05, 0.1) is 11.4 Å². The predicted molar refractivity (Wildman–Crippen MR) is 116 cm³/mol. The van der Waals surface area contributed by atoms with Crippen LogP contribution in [0.25, 0.3) is 0 Å². The molecule has 4 N–H and O–H groups in total. The Kier molecular flexibility index (Phi) is 9.35. The molecular formula is C22H32N2O3S. The maximum atomic E-state index is 12.4. The highest BCUT2D eigenvalue weighted by Crippen LogP contribution is 2.34. The molecule has 0 saturated carbocycles. The number of carbonyl (C=O) groups excluding carboxylic acids is 2. The van der Waals surface area contributed by atoms with E-state index in [-0.39, 0.29) is 22.9 Å². The van der Waals surface area contributed by atoms with Gasteiger partial charge in [0.15, 0.2) is 0 Å². The number of nitrogens with one attached hydrogen (secondary N) is 1.